The van der Waals surface area contributed by atoms with Crippen LogP contribution in [0.4, 0.5) is 11.9 Å². The van der Waals surface area contributed by atoms with Crippen molar-refractivity contribution >= 4 is 23.5 Å². The van der Waals surface area contributed by atoms with Crippen molar-refractivity contribution in [1.82, 2.24) is 15.0 Å². The van der Waals surface area contributed by atoms with Crippen LogP contribution in [0.15, 0.2) is 0 Å². The van der Waals surface area contributed by atoms with Crippen LogP contribution in [0.25, 0.3) is 0 Å². The molecule has 6 nitrogen and oxygen atoms in total. The molecular weight excluding hydrogens is 278 g/mol. The zero-order valence-corrected chi connectivity index (χ0v) is 12.6. The average molecular weight is 300 g/mol. The molecular formula is C13H22ClN5O. The van der Waals surface area contributed by atoms with Crippen molar-refractivity contribution in [2.24, 2.45) is 0 Å². The van der Waals surface area contributed by atoms with Gasteiger partial charge in [0.2, 0.25) is 17.2 Å². The topological polar surface area (TPSA) is 74.2 Å². The summed E-state index contributed by atoms with van der Waals surface area (Å²) in [5, 5.41) is 12.4. The monoisotopic (exact) mass is 299 g/mol. The van der Waals surface area contributed by atoms with E-state index in [0.29, 0.717) is 24.4 Å². The molecule has 7 heteroatoms. The zero-order chi connectivity index (χ0) is 14.4. The van der Waals surface area contributed by atoms with Crippen molar-refractivity contribution in [1.29, 1.82) is 0 Å². The Hall–Kier alpha value is -1.14. The van der Waals surface area contributed by atoms with Crippen LogP contribution in [0.3, 0.4) is 0 Å². The number of nitrogens with zero attached hydrogens (tertiary/aromatic N) is 4. The maximum absolute atomic E-state index is 9.04. The predicted octanol–water partition coefficient (Wildman–Crippen LogP) is 2.09. The van der Waals surface area contributed by atoms with Crippen LogP contribution in [0.5, 0.6) is 0 Å². The van der Waals surface area contributed by atoms with Crippen molar-refractivity contribution in [2.75, 3.05) is 29.9 Å². The third kappa shape index (κ3) is 3.93. The predicted molar refractivity (Wildman–Crippen MR) is 80.3 cm³/mol. The molecule has 0 bridgehead atoms. The van der Waals surface area contributed by atoms with E-state index in [1.807, 2.05) is 0 Å². The number of hydrogen-bond acceptors (Lipinski definition) is 6. The SMILES string of the molecule is CCCNc1nc(Cl)nc(N(CCCO)C2CCC2)n1. The van der Waals surface area contributed by atoms with Crippen molar-refractivity contribution in [3.05, 3.63) is 5.28 Å². The van der Waals surface area contributed by atoms with Gasteiger partial charge in [0.05, 0.1) is 0 Å². The summed E-state index contributed by atoms with van der Waals surface area (Å²) in [6.07, 6.45) is 5.23. The van der Waals surface area contributed by atoms with E-state index in [0.717, 1.165) is 32.4 Å². The number of aromatic nitrogens is 3. The lowest BCUT2D eigenvalue weighted by molar-refractivity contribution is 0.282. The van der Waals surface area contributed by atoms with Gasteiger partial charge in [-0.05, 0) is 43.7 Å². The summed E-state index contributed by atoms with van der Waals surface area (Å²) < 4.78 is 0. The Morgan fingerprint density at radius 1 is 1.35 bits per heavy atom. The number of aliphatic hydroxyl groups is 1. The molecule has 1 fully saturated rings. The zero-order valence-electron chi connectivity index (χ0n) is 11.8. The molecule has 2 N–H and O–H groups in total. The van der Waals surface area contributed by atoms with E-state index in [1.54, 1.807) is 0 Å². The van der Waals surface area contributed by atoms with Gasteiger partial charge in [0, 0.05) is 25.7 Å². The summed E-state index contributed by atoms with van der Waals surface area (Å²) in [5.74, 6) is 1.14. The number of halogens is 1. The molecule has 1 saturated carbocycles. The second kappa shape index (κ2) is 7.59. The second-order valence-electron chi connectivity index (χ2n) is 5.01. The van der Waals surface area contributed by atoms with Crippen molar-refractivity contribution < 1.29 is 5.11 Å². The first kappa shape index (κ1) is 15.3. The number of rotatable bonds is 8. The molecule has 1 aliphatic rings. The summed E-state index contributed by atoms with van der Waals surface area (Å²) in [7, 11) is 0. The summed E-state index contributed by atoms with van der Waals surface area (Å²) in [5.41, 5.74) is 0. The third-order valence-corrected chi connectivity index (χ3v) is 3.63. The average Bonchev–Trinajstić information content (AvgIpc) is 2.38. The van der Waals surface area contributed by atoms with E-state index < -0.39 is 0 Å². The van der Waals surface area contributed by atoms with Crippen molar-refractivity contribution in [3.63, 3.8) is 0 Å². The molecule has 1 aromatic heterocycles. The molecule has 1 heterocycles. The van der Waals surface area contributed by atoms with Gasteiger partial charge in [-0.3, -0.25) is 0 Å². The van der Waals surface area contributed by atoms with Crippen LogP contribution >= 0.6 is 11.6 Å². The first-order valence-electron chi connectivity index (χ1n) is 7.27. The molecule has 0 aromatic carbocycles. The first-order chi connectivity index (χ1) is 9.74. The van der Waals surface area contributed by atoms with Crippen LogP contribution in [0.2, 0.25) is 5.28 Å². The molecule has 0 unspecified atom stereocenters. The Kier molecular flexibility index (Phi) is 5.79. The van der Waals surface area contributed by atoms with Crippen LogP contribution in [-0.2, 0) is 0 Å². The normalized spacial score (nSPS) is 14.9. The summed E-state index contributed by atoms with van der Waals surface area (Å²) in [4.78, 5) is 14.9. The Bertz CT molecular complexity index is 427. The van der Waals surface area contributed by atoms with Gasteiger partial charge in [0.15, 0.2) is 0 Å². The van der Waals surface area contributed by atoms with Crippen LogP contribution in [0, 0.1) is 0 Å². The van der Waals surface area contributed by atoms with E-state index in [2.05, 4.69) is 32.1 Å². The highest BCUT2D eigenvalue weighted by Gasteiger charge is 2.27. The smallest absolute Gasteiger partial charge is 0.231 e. The molecule has 1 aromatic rings. The van der Waals surface area contributed by atoms with Gasteiger partial charge in [-0.1, -0.05) is 6.92 Å². The van der Waals surface area contributed by atoms with Gasteiger partial charge in [0.1, 0.15) is 0 Å². The number of nitrogens with one attached hydrogen (secondary N) is 1. The minimum absolute atomic E-state index is 0.170. The molecule has 2 rings (SSSR count). The quantitative estimate of drug-likeness (QED) is 0.765. The van der Waals surface area contributed by atoms with Crippen LogP contribution in [0.1, 0.15) is 39.0 Å². The van der Waals surface area contributed by atoms with Gasteiger partial charge < -0.3 is 15.3 Å². The summed E-state index contributed by atoms with van der Waals surface area (Å²) >= 11 is 5.99. The molecule has 112 valence electrons. The van der Waals surface area contributed by atoms with Gasteiger partial charge in [0.25, 0.3) is 0 Å². The van der Waals surface area contributed by atoms with Gasteiger partial charge in [-0.25, -0.2) is 0 Å². The Morgan fingerprint density at radius 2 is 2.15 bits per heavy atom. The fourth-order valence-electron chi connectivity index (χ4n) is 2.17. The Morgan fingerprint density at radius 3 is 2.75 bits per heavy atom. The molecule has 0 aliphatic heterocycles. The second-order valence-corrected chi connectivity index (χ2v) is 5.35. The Balaban J connectivity index is 2.15. The minimum Gasteiger partial charge on any atom is -0.396 e. The number of anilines is 2. The lowest BCUT2D eigenvalue weighted by atomic mass is 9.91. The highest BCUT2D eigenvalue weighted by molar-refractivity contribution is 6.28. The van der Waals surface area contributed by atoms with E-state index in [4.69, 9.17) is 16.7 Å². The fraction of sp³-hybridized carbons (Fsp3) is 0.769. The largest absolute Gasteiger partial charge is 0.396 e. The molecule has 0 amide bonds. The van der Waals surface area contributed by atoms with Crippen LogP contribution < -0.4 is 10.2 Å². The standard InChI is InChI=1S/C13H22ClN5O/c1-2-7-15-12-16-11(14)17-13(18-12)19(8-4-9-20)10-5-3-6-10/h10,20H,2-9H2,1H3,(H,15,16,17,18). The molecule has 0 spiro atoms. The summed E-state index contributed by atoms with van der Waals surface area (Å²) in [6, 6.07) is 0.457. The first-order valence-corrected chi connectivity index (χ1v) is 7.65. The third-order valence-electron chi connectivity index (χ3n) is 3.46. The van der Waals surface area contributed by atoms with E-state index in [-0.39, 0.29) is 11.9 Å². The van der Waals surface area contributed by atoms with Gasteiger partial charge in [-0.15, -0.1) is 0 Å². The highest BCUT2D eigenvalue weighted by atomic mass is 35.5. The maximum atomic E-state index is 9.04. The number of aliphatic hydroxyl groups excluding tert-OH is 1. The summed E-state index contributed by atoms with van der Waals surface area (Å²) in [6.45, 7) is 3.80. The van der Waals surface area contributed by atoms with E-state index in [1.165, 1.54) is 6.42 Å². The Labute approximate surface area is 124 Å². The van der Waals surface area contributed by atoms with Gasteiger partial charge >= 0.3 is 0 Å². The molecule has 0 atom stereocenters. The lowest BCUT2D eigenvalue weighted by Gasteiger charge is -2.37. The molecule has 0 saturated heterocycles. The lowest BCUT2D eigenvalue weighted by Crippen LogP contribution is -2.42. The van der Waals surface area contributed by atoms with Crippen molar-refractivity contribution in [3.8, 4) is 0 Å². The van der Waals surface area contributed by atoms with Crippen molar-refractivity contribution in [2.45, 2.75) is 45.1 Å². The highest BCUT2D eigenvalue weighted by Crippen LogP contribution is 2.28. The fourth-order valence-corrected chi connectivity index (χ4v) is 2.32. The minimum atomic E-state index is 0.170. The number of hydrogen-bond donors (Lipinski definition) is 2. The van der Waals surface area contributed by atoms with E-state index in [9.17, 15) is 0 Å². The van der Waals surface area contributed by atoms with Gasteiger partial charge in [-0.2, -0.15) is 15.0 Å². The molecule has 1 aliphatic carbocycles. The van der Waals surface area contributed by atoms with Crippen LogP contribution in [-0.4, -0.2) is 45.8 Å². The molecule has 0 radical (unpaired) electrons. The maximum Gasteiger partial charge on any atom is 0.231 e. The molecule has 20 heavy (non-hydrogen) atoms. The van der Waals surface area contributed by atoms with E-state index >= 15 is 0 Å².